The van der Waals surface area contributed by atoms with Gasteiger partial charge in [-0.15, -0.1) is 10.2 Å². The Morgan fingerprint density at radius 1 is 0.731 bits per heavy atom. The average molecular weight is 378 g/mol. The summed E-state index contributed by atoms with van der Waals surface area (Å²) >= 11 is 1.23. The van der Waals surface area contributed by atoms with Gasteiger partial charge in [0.05, 0.1) is 0 Å². The second kappa shape index (κ2) is 6.49. The molecule has 0 aliphatic heterocycles. The minimum atomic E-state index is -0.673. The summed E-state index contributed by atoms with van der Waals surface area (Å²) in [5.41, 5.74) is 0.847. The van der Waals surface area contributed by atoms with E-state index >= 15 is 0 Å². The highest BCUT2D eigenvalue weighted by atomic mass is 32.1. The van der Waals surface area contributed by atoms with E-state index in [1.165, 1.54) is 40.1 Å². The van der Waals surface area contributed by atoms with Gasteiger partial charge < -0.3 is 0 Å². The smallest absolute Gasteiger partial charge is 0.207 e. The van der Waals surface area contributed by atoms with Crippen LogP contribution in [0, 0.1) is 23.3 Å². The molecule has 0 saturated carbocycles. The van der Waals surface area contributed by atoms with Crippen LogP contribution in [0.1, 0.15) is 22.0 Å². The molecule has 0 unspecified atom stereocenters. The molecular formula is C17H10F4N4S. The second-order valence-electron chi connectivity index (χ2n) is 5.72. The lowest BCUT2D eigenvalue weighted by atomic mass is 10.1. The molecular weight excluding hydrogens is 368 g/mol. The normalized spacial score (nSPS) is 11.4. The molecule has 0 spiro atoms. The molecule has 0 atom stereocenters. The Balaban J connectivity index is 1.62. The molecule has 2 aromatic heterocycles. The van der Waals surface area contributed by atoms with Crippen LogP contribution in [0.15, 0.2) is 36.4 Å². The summed E-state index contributed by atoms with van der Waals surface area (Å²) in [4.78, 5) is 0.490. The van der Waals surface area contributed by atoms with Gasteiger partial charge in [0.2, 0.25) is 4.96 Å². The molecule has 0 radical (unpaired) electrons. The summed E-state index contributed by atoms with van der Waals surface area (Å²) in [6.45, 7) is 0. The Morgan fingerprint density at radius 3 is 1.85 bits per heavy atom. The first kappa shape index (κ1) is 16.6. The van der Waals surface area contributed by atoms with E-state index in [2.05, 4.69) is 15.3 Å². The summed E-state index contributed by atoms with van der Waals surface area (Å²) in [5, 5.41) is 12.9. The van der Waals surface area contributed by atoms with Crippen molar-refractivity contribution >= 4 is 16.3 Å². The van der Waals surface area contributed by atoms with Crippen molar-refractivity contribution in [2.45, 2.75) is 12.8 Å². The molecule has 4 aromatic rings. The van der Waals surface area contributed by atoms with Gasteiger partial charge in [0.15, 0.2) is 5.82 Å². The molecule has 0 fully saturated rings. The van der Waals surface area contributed by atoms with Crippen molar-refractivity contribution < 1.29 is 17.6 Å². The van der Waals surface area contributed by atoms with Gasteiger partial charge in [-0.2, -0.15) is 9.61 Å². The number of aromatic nitrogens is 4. The van der Waals surface area contributed by atoms with Crippen molar-refractivity contribution in [2.24, 2.45) is 0 Å². The molecule has 2 aromatic carbocycles. The molecule has 0 saturated heterocycles. The number of fused-ring (bicyclic) bond motifs is 1. The maximum Gasteiger partial charge on any atom is 0.234 e. The maximum atomic E-state index is 13.3. The quantitative estimate of drug-likeness (QED) is 0.506. The number of hydrogen-bond acceptors (Lipinski definition) is 4. The summed E-state index contributed by atoms with van der Waals surface area (Å²) in [6, 6.07) is 6.50. The van der Waals surface area contributed by atoms with Gasteiger partial charge in [-0.05, 0) is 35.4 Å². The van der Waals surface area contributed by atoms with Crippen LogP contribution in [0.5, 0.6) is 0 Å². The van der Waals surface area contributed by atoms with Crippen molar-refractivity contribution in [1.82, 2.24) is 19.8 Å². The van der Waals surface area contributed by atoms with E-state index < -0.39 is 23.3 Å². The van der Waals surface area contributed by atoms with Crippen molar-refractivity contribution in [2.75, 3.05) is 0 Å². The third-order valence-electron chi connectivity index (χ3n) is 3.66. The third-order valence-corrected chi connectivity index (χ3v) is 4.56. The Labute approximate surface area is 148 Å². The van der Waals surface area contributed by atoms with E-state index in [4.69, 9.17) is 0 Å². The van der Waals surface area contributed by atoms with Crippen LogP contribution in [0.25, 0.3) is 4.96 Å². The molecule has 2 heterocycles. The standard InChI is InChI=1S/C17H10F4N4S/c18-11-1-9(2-12(19)7-11)5-15-22-23-17-25(15)24-16(26-17)6-10-3-13(20)8-14(21)4-10/h1-4,7-8H,5-6H2. The zero-order chi connectivity index (χ0) is 18.3. The minimum Gasteiger partial charge on any atom is -0.207 e. The summed E-state index contributed by atoms with van der Waals surface area (Å²) in [5.74, 6) is -2.24. The fourth-order valence-corrected chi connectivity index (χ4v) is 3.55. The summed E-state index contributed by atoms with van der Waals surface area (Å²) < 4.78 is 54.7. The van der Waals surface area contributed by atoms with Gasteiger partial charge in [-0.3, -0.25) is 0 Å². The molecule has 26 heavy (non-hydrogen) atoms. The predicted molar refractivity (Wildman–Crippen MR) is 87.0 cm³/mol. The minimum absolute atomic E-state index is 0.146. The lowest BCUT2D eigenvalue weighted by Gasteiger charge is -2.00. The first-order valence-electron chi connectivity index (χ1n) is 7.56. The van der Waals surface area contributed by atoms with Gasteiger partial charge in [-0.25, -0.2) is 17.6 Å². The fraction of sp³-hybridized carbons (Fsp3) is 0.118. The number of nitrogens with zero attached hydrogens (tertiary/aromatic N) is 4. The first-order chi connectivity index (χ1) is 12.5. The van der Waals surface area contributed by atoms with E-state index in [1.54, 1.807) is 0 Å². The Kier molecular flexibility index (Phi) is 4.15. The monoisotopic (exact) mass is 378 g/mol. The van der Waals surface area contributed by atoms with Crippen LogP contribution in [-0.4, -0.2) is 19.8 Å². The SMILES string of the molecule is Fc1cc(F)cc(Cc2nn3c(Cc4cc(F)cc(F)c4)nnc3s2)c1. The zero-order valence-corrected chi connectivity index (χ0v) is 13.9. The lowest BCUT2D eigenvalue weighted by Crippen LogP contribution is -2.00. The van der Waals surface area contributed by atoms with Crippen LogP contribution in [0.4, 0.5) is 17.6 Å². The number of benzene rings is 2. The molecule has 4 rings (SSSR count). The largest absolute Gasteiger partial charge is 0.234 e. The average Bonchev–Trinajstić information content (AvgIpc) is 3.07. The highest BCUT2D eigenvalue weighted by molar-refractivity contribution is 7.16. The van der Waals surface area contributed by atoms with E-state index in [0.717, 1.165) is 12.1 Å². The molecule has 132 valence electrons. The number of hydrogen-bond donors (Lipinski definition) is 0. The van der Waals surface area contributed by atoms with Crippen molar-refractivity contribution in [3.05, 3.63) is 81.6 Å². The predicted octanol–water partition coefficient (Wildman–Crippen LogP) is 3.92. The summed E-state index contributed by atoms with van der Waals surface area (Å²) in [7, 11) is 0. The highest BCUT2D eigenvalue weighted by Crippen LogP contribution is 2.20. The molecule has 0 bridgehead atoms. The molecule has 9 heteroatoms. The van der Waals surface area contributed by atoms with E-state index in [-0.39, 0.29) is 12.8 Å². The van der Waals surface area contributed by atoms with Gasteiger partial charge >= 0.3 is 0 Å². The second-order valence-corrected chi connectivity index (χ2v) is 6.76. The molecule has 4 nitrogen and oxygen atoms in total. The Bertz CT molecular complexity index is 1070. The number of halogens is 4. The van der Waals surface area contributed by atoms with Crippen LogP contribution in [0.2, 0.25) is 0 Å². The van der Waals surface area contributed by atoms with Crippen LogP contribution in [0.3, 0.4) is 0 Å². The van der Waals surface area contributed by atoms with Gasteiger partial charge in [0.25, 0.3) is 0 Å². The Hall–Kier alpha value is -2.81. The number of rotatable bonds is 4. The van der Waals surface area contributed by atoms with Gasteiger partial charge in [-0.1, -0.05) is 11.3 Å². The van der Waals surface area contributed by atoms with E-state index in [1.807, 2.05) is 0 Å². The van der Waals surface area contributed by atoms with E-state index in [9.17, 15) is 17.6 Å². The summed E-state index contributed by atoms with van der Waals surface area (Å²) in [6.07, 6.45) is 0.379. The first-order valence-corrected chi connectivity index (χ1v) is 8.38. The van der Waals surface area contributed by atoms with Crippen LogP contribution < -0.4 is 0 Å². The lowest BCUT2D eigenvalue weighted by molar-refractivity contribution is 0.579. The van der Waals surface area contributed by atoms with Gasteiger partial charge in [0, 0.05) is 25.0 Å². The molecule has 0 amide bonds. The highest BCUT2D eigenvalue weighted by Gasteiger charge is 2.14. The molecule has 0 aliphatic carbocycles. The van der Waals surface area contributed by atoms with Crippen molar-refractivity contribution in [3.8, 4) is 0 Å². The fourth-order valence-electron chi connectivity index (χ4n) is 2.66. The van der Waals surface area contributed by atoms with Crippen LogP contribution in [-0.2, 0) is 12.8 Å². The van der Waals surface area contributed by atoms with Crippen LogP contribution >= 0.6 is 11.3 Å². The molecule has 0 N–H and O–H groups in total. The third kappa shape index (κ3) is 3.43. The van der Waals surface area contributed by atoms with Crippen molar-refractivity contribution in [1.29, 1.82) is 0 Å². The molecule has 0 aliphatic rings. The van der Waals surface area contributed by atoms with E-state index in [0.29, 0.717) is 26.9 Å². The zero-order valence-electron chi connectivity index (χ0n) is 13.1. The van der Waals surface area contributed by atoms with Gasteiger partial charge in [0.1, 0.15) is 28.3 Å². The topological polar surface area (TPSA) is 43.1 Å². The Morgan fingerprint density at radius 2 is 1.27 bits per heavy atom. The maximum absolute atomic E-state index is 13.3. The van der Waals surface area contributed by atoms with Crippen molar-refractivity contribution in [3.63, 3.8) is 0 Å².